The number of carbonyl (C=O) groups is 2. The van der Waals surface area contributed by atoms with Gasteiger partial charge in [0, 0.05) is 39.0 Å². The summed E-state index contributed by atoms with van der Waals surface area (Å²) in [5.41, 5.74) is 2.49. The van der Waals surface area contributed by atoms with Crippen LogP contribution in [0.1, 0.15) is 39.9 Å². The molecule has 7 nitrogen and oxygen atoms in total. The van der Waals surface area contributed by atoms with Crippen LogP contribution in [0.4, 0.5) is 4.79 Å². The van der Waals surface area contributed by atoms with Crippen molar-refractivity contribution in [3.8, 4) is 6.07 Å². The van der Waals surface area contributed by atoms with Gasteiger partial charge in [-0.05, 0) is 35.4 Å². The Morgan fingerprint density at radius 1 is 1.03 bits per heavy atom. The topological polar surface area (TPSA) is 93.9 Å². The molecule has 2 aliphatic rings. The summed E-state index contributed by atoms with van der Waals surface area (Å²) in [6, 6.07) is 16.3. The van der Waals surface area contributed by atoms with E-state index in [2.05, 4.69) is 11.0 Å². The van der Waals surface area contributed by atoms with Crippen molar-refractivity contribution in [3.05, 3.63) is 70.8 Å². The molecule has 0 aromatic heterocycles. The zero-order valence-corrected chi connectivity index (χ0v) is 16.6. The Morgan fingerprint density at radius 3 is 2.23 bits per heavy atom. The molecule has 0 bridgehead atoms. The summed E-state index contributed by atoms with van der Waals surface area (Å²) in [6.07, 6.45) is 1.25. The fourth-order valence-electron chi connectivity index (χ4n) is 4.11. The normalized spacial score (nSPS) is 18.2. The summed E-state index contributed by atoms with van der Waals surface area (Å²) in [7, 11) is 0. The number of aromatic carboxylic acids is 1. The average molecular weight is 405 g/mol. The number of hydrogen-bond donors (Lipinski definition) is 1. The van der Waals surface area contributed by atoms with Crippen molar-refractivity contribution in [3.63, 3.8) is 0 Å². The van der Waals surface area contributed by atoms with Crippen LogP contribution in [0.5, 0.6) is 0 Å². The van der Waals surface area contributed by atoms with Gasteiger partial charge in [-0.25, -0.2) is 9.59 Å². The van der Waals surface area contributed by atoms with Crippen LogP contribution in [0, 0.1) is 11.3 Å². The van der Waals surface area contributed by atoms with Crippen LogP contribution in [0.25, 0.3) is 0 Å². The molecule has 4 rings (SSSR count). The Kier molecular flexibility index (Phi) is 5.42. The largest absolute Gasteiger partial charge is 0.478 e. The van der Waals surface area contributed by atoms with Gasteiger partial charge < -0.3 is 9.84 Å². The molecule has 30 heavy (non-hydrogen) atoms. The van der Waals surface area contributed by atoms with Crippen LogP contribution < -0.4 is 0 Å². The molecule has 1 N–H and O–H groups in total. The van der Waals surface area contributed by atoms with E-state index in [9.17, 15) is 9.59 Å². The van der Waals surface area contributed by atoms with Gasteiger partial charge in [0.2, 0.25) is 0 Å². The van der Waals surface area contributed by atoms with Gasteiger partial charge in [-0.15, -0.1) is 0 Å². The first kappa shape index (κ1) is 19.9. The SMILES string of the molecule is N#Cc1ccc(CN2CCC3(CC2)CN(Cc2ccc(C(=O)O)cc2)C(=O)O3)cc1. The summed E-state index contributed by atoms with van der Waals surface area (Å²) < 4.78 is 5.80. The summed E-state index contributed by atoms with van der Waals surface area (Å²) in [5, 5.41) is 17.9. The second-order valence-electron chi connectivity index (χ2n) is 7.99. The second kappa shape index (κ2) is 8.17. The first-order chi connectivity index (χ1) is 14.5. The number of likely N-dealkylation sites (tertiary alicyclic amines) is 1. The molecule has 2 saturated heterocycles. The van der Waals surface area contributed by atoms with Crippen LogP contribution in [-0.2, 0) is 17.8 Å². The van der Waals surface area contributed by atoms with Crippen molar-refractivity contribution >= 4 is 12.1 Å². The van der Waals surface area contributed by atoms with Gasteiger partial charge in [-0.1, -0.05) is 24.3 Å². The Labute approximate surface area is 175 Å². The second-order valence-corrected chi connectivity index (χ2v) is 7.99. The number of amides is 1. The number of nitriles is 1. The highest BCUT2D eigenvalue weighted by atomic mass is 16.6. The Balaban J connectivity index is 1.32. The monoisotopic (exact) mass is 405 g/mol. The van der Waals surface area contributed by atoms with E-state index < -0.39 is 11.6 Å². The zero-order valence-electron chi connectivity index (χ0n) is 16.6. The molecule has 0 unspecified atom stereocenters. The summed E-state index contributed by atoms with van der Waals surface area (Å²) >= 11 is 0. The summed E-state index contributed by atoms with van der Waals surface area (Å²) in [4.78, 5) is 27.5. The third kappa shape index (κ3) is 4.29. The van der Waals surface area contributed by atoms with E-state index in [0.717, 1.165) is 38.0 Å². The number of hydrogen-bond acceptors (Lipinski definition) is 5. The fourth-order valence-corrected chi connectivity index (χ4v) is 4.11. The van der Waals surface area contributed by atoms with Crippen molar-refractivity contribution in [2.24, 2.45) is 0 Å². The summed E-state index contributed by atoms with van der Waals surface area (Å²) in [6.45, 7) is 3.46. The van der Waals surface area contributed by atoms with Crippen LogP contribution in [-0.4, -0.2) is 52.2 Å². The lowest BCUT2D eigenvalue weighted by Crippen LogP contribution is -2.46. The molecule has 0 atom stereocenters. The Bertz CT molecular complexity index is 971. The van der Waals surface area contributed by atoms with E-state index in [1.807, 2.05) is 24.3 Å². The number of carboxylic acid groups (broad SMARTS) is 1. The van der Waals surface area contributed by atoms with Crippen molar-refractivity contribution < 1.29 is 19.4 Å². The minimum Gasteiger partial charge on any atom is -0.478 e. The minimum absolute atomic E-state index is 0.230. The van der Waals surface area contributed by atoms with Crippen molar-refractivity contribution in [2.75, 3.05) is 19.6 Å². The molecule has 154 valence electrons. The number of ether oxygens (including phenoxy) is 1. The minimum atomic E-state index is -0.964. The van der Waals surface area contributed by atoms with Crippen molar-refractivity contribution in [1.82, 2.24) is 9.80 Å². The van der Waals surface area contributed by atoms with E-state index in [0.29, 0.717) is 18.7 Å². The highest BCUT2D eigenvalue weighted by molar-refractivity contribution is 5.87. The molecule has 2 aromatic carbocycles. The van der Waals surface area contributed by atoms with Crippen LogP contribution in [0.15, 0.2) is 48.5 Å². The predicted molar refractivity (Wildman–Crippen MR) is 109 cm³/mol. The first-order valence-electron chi connectivity index (χ1n) is 9.98. The highest BCUT2D eigenvalue weighted by Gasteiger charge is 2.46. The number of rotatable bonds is 5. The number of nitrogens with zero attached hydrogens (tertiary/aromatic N) is 3. The van der Waals surface area contributed by atoms with Crippen molar-refractivity contribution in [2.45, 2.75) is 31.5 Å². The van der Waals surface area contributed by atoms with Crippen molar-refractivity contribution in [1.29, 1.82) is 5.26 Å². The molecule has 0 saturated carbocycles. The third-order valence-corrected chi connectivity index (χ3v) is 5.87. The fraction of sp³-hybridized carbons (Fsp3) is 0.348. The van der Waals surface area contributed by atoms with E-state index >= 15 is 0 Å². The lowest BCUT2D eigenvalue weighted by Gasteiger charge is -2.37. The van der Waals surface area contributed by atoms with Gasteiger partial charge in [0.05, 0.1) is 23.7 Å². The predicted octanol–water partition coefficient (Wildman–Crippen LogP) is 3.24. The van der Waals surface area contributed by atoms with E-state index in [1.54, 1.807) is 29.2 Å². The maximum absolute atomic E-state index is 12.4. The molecule has 2 aromatic rings. The average Bonchev–Trinajstić information content (AvgIpc) is 3.05. The molecule has 0 radical (unpaired) electrons. The summed E-state index contributed by atoms with van der Waals surface area (Å²) in [5.74, 6) is -0.964. The highest BCUT2D eigenvalue weighted by Crippen LogP contribution is 2.34. The van der Waals surface area contributed by atoms with Gasteiger partial charge in [-0.3, -0.25) is 9.80 Å². The molecular formula is C23H23N3O4. The lowest BCUT2D eigenvalue weighted by atomic mass is 9.91. The van der Waals surface area contributed by atoms with Crippen LogP contribution >= 0.6 is 0 Å². The first-order valence-corrected chi connectivity index (χ1v) is 9.98. The third-order valence-electron chi connectivity index (χ3n) is 5.87. The van der Waals surface area contributed by atoms with E-state index in [1.165, 1.54) is 5.56 Å². The number of carbonyl (C=O) groups excluding carboxylic acids is 1. The molecule has 2 aliphatic heterocycles. The zero-order chi connectivity index (χ0) is 21.1. The number of carboxylic acids is 1. The van der Waals surface area contributed by atoms with E-state index in [-0.39, 0.29) is 11.7 Å². The maximum Gasteiger partial charge on any atom is 0.410 e. The Hall–Kier alpha value is -3.37. The molecule has 2 heterocycles. The van der Waals surface area contributed by atoms with Gasteiger partial charge in [-0.2, -0.15) is 5.26 Å². The smallest absolute Gasteiger partial charge is 0.410 e. The number of piperidine rings is 1. The standard InChI is InChI=1S/C23H23N3O4/c24-13-17-1-3-18(4-2-17)14-25-11-9-23(10-12-25)16-26(22(29)30-23)15-19-5-7-20(8-6-19)21(27)28/h1-8H,9-12,14-16H2,(H,27,28). The molecule has 2 fully saturated rings. The van der Waals surface area contributed by atoms with Crippen LogP contribution in [0.3, 0.4) is 0 Å². The van der Waals surface area contributed by atoms with Crippen LogP contribution in [0.2, 0.25) is 0 Å². The van der Waals surface area contributed by atoms with Gasteiger partial charge >= 0.3 is 12.1 Å². The quantitative estimate of drug-likeness (QED) is 0.821. The molecule has 0 aliphatic carbocycles. The Morgan fingerprint density at radius 2 is 1.63 bits per heavy atom. The lowest BCUT2D eigenvalue weighted by molar-refractivity contribution is -0.00125. The van der Waals surface area contributed by atoms with Gasteiger partial charge in [0.25, 0.3) is 0 Å². The molecule has 1 amide bonds. The maximum atomic E-state index is 12.4. The van der Waals surface area contributed by atoms with Gasteiger partial charge in [0.15, 0.2) is 0 Å². The molecular weight excluding hydrogens is 382 g/mol. The molecule has 7 heteroatoms. The number of benzene rings is 2. The van der Waals surface area contributed by atoms with Gasteiger partial charge in [0.1, 0.15) is 5.60 Å². The molecule has 1 spiro atoms. The van der Waals surface area contributed by atoms with E-state index in [4.69, 9.17) is 15.1 Å².